The zero-order valence-electron chi connectivity index (χ0n) is 5.93. The van der Waals surface area contributed by atoms with Crippen LogP contribution in [-0.2, 0) is 0 Å². The van der Waals surface area contributed by atoms with E-state index in [0.717, 1.165) is 13.0 Å². The Kier molecular flexibility index (Phi) is 6.71. The Hall–Kier alpha value is -0.710. The average Bonchev–Trinajstić information content (AvgIpc) is 1.89. The normalized spacial score (nSPS) is 8.44. The highest BCUT2D eigenvalue weighted by Gasteiger charge is 1.85. The Bertz CT molecular complexity index is 83.4. The van der Waals surface area contributed by atoms with Crippen molar-refractivity contribution in [1.29, 1.82) is 5.26 Å². The number of nitrogens with zero attached hydrogens (tertiary/aromatic N) is 2. The van der Waals surface area contributed by atoms with Gasteiger partial charge in [0.1, 0.15) is 0 Å². The number of hydrogen-bond donors (Lipinski definition) is 0. The molecule has 0 heterocycles. The van der Waals surface area contributed by atoms with Gasteiger partial charge in [0.05, 0.1) is 6.54 Å². The number of hydrogen-bond acceptors (Lipinski definition) is 1. The van der Waals surface area contributed by atoms with Gasteiger partial charge in [0.2, 0.25) is 6.19 Å². The molecular formula is C7H13N2. The summed E-state index contributed by atoms with van der Waals surface area (Å²) in [7, 11) is 0. The molecule has 0 bridgehead atoms. The van der Waals surface area contributed by atoms with Gasteiger partial charge in [-0.15, -0.1) is 0 Å². The predicted molar refractivity (Wildman–Crippen MR) is 36.8 cm³/mol. The Morgan fingerprint density at radius 1 is 1.33 bits per heavy atom. The molecule has 2 nitrogen and oxygen atoms in total. The van der Waals surface area contributed by atoms with Crippen molar-refractivity contribution in [3.05, 3.63) is 0 Å². The molecule has 51 valence electrons. The van der Waals surface area contributed by atoms with E-state index in [-0.39, 0.29) is 0 Å². The molecule has 9 heavy (non-hydrogen) atoms. The van der Waals surface area contributed by atoms with Crippen molar-refractivity contribution >= 4 is 0 Å². The van der Waals surface area contributed by atoms with E-state index in [9.17, 15) is 0 Å². The van der Waals surface area contributed by atoms with Crippen molar-refractivity contribution in [2.45, 2.75) is 32.6 Å². The quantitative estimate of drug-likeness (QED) is 0.406. The second kappa shape index (κ2) is 7.29. The van der Waals surface area contributed by atoms with Crippen LogP contribution in [0.1, 0.15) is 32.6 Å². The number of rotatable bonds is 5. The summed E-state index contributed by atoms with van der Waals surface area (Å²) in [5.74, 6) is 0. The van der Waals surface area contributed by atoms with Crippen LogP contribution in [0.4, 0.5) is 0 Å². The lowest BCUT2D eigenvalue weighted by Crippen LogP contribution is -1.97. The topological polar surface area (TPSA) is 37.9 Å². The van der Waals surface area contributed by atoms with Crippen molar-refractivity contribution in [1.82, 2.24) is 5.32 Å². The van der Waals surface area contributed by atoms with Crippen LogP contribution in [0.5, 0.6) is 0 Å². The molecule has 0 saturated carbocycles. The second-order valence-corrected chi connectivity index (χ2v) is 2.04. The first kappa shape index (κ1) is 8.29. The van der Waals surface area contributed by atoms with E-state index in [0.29, 0.717) is 0 Å². The smallest absolute Gasteiger partial charge is 0.200 e. The largest absolute Gasteiger partial charge is 0.212 e. The Balaban J connectivity index is 2.69. The van der Waals surface area contributed by atoms with E-state index in [1.165, 1.54) is 19.3 Å². The molecule has 0 atom stereocenters. The lowest BCUT2D eigenvalue weighted by atomic mass is 10.2. The molecule has 0 aromatic heterocycles. The fourth-order valence-electron chi connectivity index (χ4n) is 0.668. The molecule has 0 spiro atoms. The van der Waals surface area contributed by atoms with Gasteiger partial charge in [-0.25, -0.2) is 5.32 Å². The SMILES string of the molecule is CCCCCC[N]C#N. The van der Waals surface area contributed by atoms with Gasteiger partial charge in [-0.1, -0.05) is 26.2 Å². The van der Waals surface area contributed by atoms with Crippen LogP contribution in [0.3, 0.4) is 0 Å². The zero-order valence-corrected chi connectivity index (χ0v) is 5.93. The van der Waals surface area contributed by atoms with Crippen LogP contribution in [0.2, 0.25) is 0 Å². The van der Waals surface area contributed by atoms with Gasteiger partial charge in [0.25, 0.3) is 0 Å². The first-order valence-electron chi connectivity index (χ1n) is 3.47. The van der Waals surface area contributed by atoms with Gasteiger partial charge in [0.15, 0.2) is 0 Å². The van der Waals surface area contributed by atoms with E-state index in [1.54, 1.807) is 6.19 Å². The van der Waals surface area contributed by atoms with Crippen LogP contribution in [0.15, 0.2) is 0 Å². The van der Waals surface area contributed by atoms with Crippen molar-refractivity contribution in [2.24, 2.45) is 0 Å². The third-order valence-corrected chi connectivity index (χ3v) is 1.19. The van der Waals surface area contributed by atoms with Gasteiger partial charge in [-0.05, 0) is 6.42 Å². The van der Waals surface area contributed by atoms with Crippen LogP contribution >= 0.6 is 0 Å². The summed E-state index contributed by atoms with van der Waals surface area (Å²) >= 11 is 0. The summed E-state index contributed by atoms with van der Waals surface area (Å²) in [6.45, 7) is 2.89. The first-order valence-corrected chi connectivity index (χ1v) is 3.47. The Labute approximate surface area is 56.9 Å². The van der Waals surface area contributed by atoms with Crippen LogP contribution in [0.25, 0.3) is 0 Å². The third kappa shape index (κ3) is 7.29. The fraction of sp³-hybridized carbons (Fsp3) is 0.857. The minimum Gasteiger partial charge on any atom is -0.212 e. The van der Waals surface area contributed by atoms with E-state index < -0.39 is 0 Å². The molecule has 0 aliphatic carbocycles. The maximum Gasteiger partial charge on any atom is 0.200 e. The monoisotopic (exact) mass is 125 g/mol. The lowest BCUT2D eigenvalue weighted by molar-refractivity contribution is 0.645. The Morgan fingerprint density at radius 2 is 2.11 bits per heavy atom. The molecule has 0 aliphatic rings. The molecular weight excluding hydrogens is 112 g/mol. The van der Waals surface area contributed by atoms with Crippen molar-refractivity contribution in [2.75, 3.05) is 6.54 Å². The highest BCUT2D eigenvalue weighted by Crippen LogP contribution is 1.96. The van der Waals surface area contributed by atoms with Crippen LogP contribution < -0.4 is 5.32 Å². The van der Waals surface area contributed by atoms with Gasteiger partial charge < -0.3 is 0 Å². The molecule has 0 N–H and O–H groups in total. The first-order chi connectivity index (χ1) is 4.41. The second-order valence-electron chi connectivity index (χ2n) is 2.04. The summed E-state index contributed by atoms with van der Waals surface area (Å²) < 4.78 is 0. The minimum absolute atomic E-state index is 0.719. The van der Waals surface area contributed by atoms with Gasteiger partial charge >= 0.3 is 0 Å². The molecule has 0 unspecified atom stereocenters. The van der Waals surface area contributed by atoms with Crippen molar-refractivity contribution in [3.63, 3.8) is 0 Å². The molecule has 0 saturated heterocycles. The summed E-state index contributed by atoms with van der Waals surface area (Å²) in [4.78, 5) is 0. The zero-order chi connectivity index (χ0) is 6.95. The van der Waals surface area contributed by atoms with Crippen molar-refractivity contribution < 1.29 is 0 Å². The number of unbranched alkanes of at least 4 members (excludes halogenated alkanes) is 3. The molecule has 0 rings (SSSR count). The molecule has 0 aromatic carbocycles. The van der Waals surface area contributed by atoms with E-state index in [1.807, 2.05) is 0 Å². The Morgan fingerprint density at radius 3 is 2.67 bits per heavy atom. The maximum atomic E-state index is 8.01. The van der Waals surface area contributed by atoms with Gasteiger partial charge in [0, 0.05) is 0 Å². The van der Waals surface area contributed by atoms with Crippen LogP contribution in [-0.4, -0.2) is 6.54 Å². The molecule has 2 heteroatoms. The lowest BCUT2D eigenvalue weighted by Gasteiger charge is -1.92. The fourth-order valence-corrected chi connectivity index (χ4v) is 0.668. The standard InChI is InChI=1S/C7H13N2/c1-2-3-4-5-6-9-7-8/h2-6H2,1H3. The molecule has 1 radical (unpaired) electrons. The van der Waals surface area contributed by atoms with Crippen molar-refractivity contribution in [3.8, 4) is 6.19 Å². The van der Waals surface area contributed by atoms with E-state index in [4.69, 9.17) is 5.26 Å². The summed E-state index contributed by atoms with van der Waals surface area (Å²) in [5.41, 5.74) is 0. The molecule has 0 aliphatic heterocycles. The molecule has 0 fully saturated rings. The molecule has 0 amide bonds. The summed E-state index contributed by atoms with van der Waals surface area (Å²) in [6, 6.07) is 0. The van der Waals surface area contributed by atoms with Gasteiger partial charge in [-0.2, -0.15) is 5.26 Å². The summed E-state index contributed by atoms with van der Waals surface area (Å²) in [5, 5.41) is 11.6. The van der Waals surface area contributed by atoms with E-state index in [2.05, 4.69) is 12.2 Å². The minimum atomic E-state index is 0.719. The highest BCUT2D eigenvalue weighted by atomic mass is 14.8. The summed E-state index contributed by atoms with van der Waals surface area (Å²) in [6.07, 6.45) is 6.56. The average molecular weight is 125 g/mol. The van der Waals surface area contributed by atoms with Crippen LogP contribution in [0, 0.1) is 11.5 Å². The predicted octanol–water partition coefficient (Wildman–Crippen LogP) is 1.65. The van der Waals surface area contributed by atoms with E-state index >= 15 is 0 Å². The van der Waals surface area contributed by atoms with Gasteiger partial charge in [-0.3, -0.25) is 0 Å². The highest BCUT2D eigenvalue weighted by molar-refractivity contribution is 4.62. The number of nitriles is 1. The maximum absolute atomic E-state index is 8.01. The molecule has 0 aromatic rings. The third-order valence-electron chi connectivity index (χ3n) is 1.19.